The summed E-state index contributed by atoms with van der Waals surface area (Å²) in [5.74, 6) is -0.0547. The zero-order valence-corrected chi connectivity index (χ0v) is 26.6. The Labute approximate surface area is 257 Å². The Morgan fingerprint density at radius 3 is 2.30 bits per heavy atom. The number of methoxy groups -OCH3 is 1. The van der Waals surface area contributed by atoms with Crippen LogP contribution in [-0.4, -0.2) is 46.4 Å². The van der Waals surface area contributed by atoms with Crippen LogP contribution in [0.2, 0.25) is 5.02 Å². The SMILES string of the molecule is COc1ccc(Cl)cc1C(=O)CCC(C)(C)CC(=O)Nc1c(CCNC(=O)OC(C)(C)C)n(C)n(-c2ccccc2)c1=O. The molecule has 0 fully saturated rings. The number of aromatic nitrogens is 2. The number of rotatable bonds is 12. The van der Waals surface area contributed by atoms with Gasteiger partial charge in [0.25, 0.3) is 5.56 Å². The molecule has 3 rings (SSSR count). The average molecular weight is 613 g/mol. The number of benzene rings is 2. The molecule has 0 bridgehead atoms. The van der Waals surface area contributed by atoms with Gasteiger partial charge in [-0.3, -0.25) is 19.1 Å². The zero-order valence-electron chi connectivity index (χ0n) is 25.9. The van der Waals surface area contributed by atoms with Gasteiger partial charge in [0.05, 0.1) is 24.1 Å². The standard InChI is InChI=1S/C32H41ClN4O6/c1-31(2,3)43-30(41)34-18-16-24-28(29(40)37(36(24)6)22-11-9-8-10-12-22)35-27(39)20-32(4,5)17-15-25(38)23-19-21(33)13-14-26(23)42-7/h8-14,19H,15-18,20H2,1-7H3,(H,34,41)(H,35,39). The molecule has 0 aliphatic carbocycles. The van der Waals surface area contributed by atoms with Gasteiger partial charge >= 0.3 is 6.09 Å². The highest BCUT2D eigenvalue weighted by Crippen LogP contribution is 2.31. The summed E-state index contributed by atoms with van der Waals surface area (Å²) in [4.78, 5) is 52.1. The molecule has 0 aliphatic rings. The third-order valence-corrected chi connectivity index (χ3v) is 7.05. The van der Waals surface area contributed by atoms with Crippen molar-refractivity contribution in [3.05, 3.63) is 75.2 Å². The average Bonchev–Trinajstić information content (AvgIpc) is 3.14. The summed E-state index contributed by atoms with van der Waals surface area (Å²) in [6.07, 6.45) is 0.370. The number of hydrogen-bond acceptors (Lipinski definition) is 6. The largest absolute Gasteiger partial charge is 0.496 e. The maximum absolute atomic E-state index is 13.6. The lowest BCUT2D eigenvalue weighted by atomic mass is 9.82. The molecule has 1 aromatic heterocycles. The first-order chi connectivity index (χ1) is 20.1. The van der Waals surface area contributed by atoms with Gasteiger partial charge in [-0.15, -0.1) is 0 Å². The second kappa shape index (κ2) is 13.9. The number of para-hydroxylation sites is 1. The van der Waals surface area contributed by atoms with Crippen molar-refractivity contribution >= 4 is 35.1 Å². The molecule has 0 radical (unpaired) electrons. The van der Waals surface area contributed by atoms with E-state index < -0.39 is 22.7 Å². The Morgan fingerprint density at radius 2 is 1.67 bits per heavy atom. The number of nitrogens with zero attached hydrogens (tertiary/aromatic N) is 2. The number of nitrogens with one attached hydrogen (secondary N) is 2. The quantitative estimate of drug-likeness (QED) is 0.245. The van der Waals surface area contributed by atoms with Crippen LogP contribution < -0.4 is 20.9 Å². The van der Waals surface area contributed by atoms with Crippen LogP contribution in [-0.2, 0) is 23.0 Å². The zero-order chi connectivity index (χ0) is 31.9. The van der Waals surface area contributed by atoms with Gasteiger partial charge in [-0.05, 0) is 62.9 Å². The van der Waals surface area contributed by atoms with E-state index in [1.54, 1.807) is 62.8 Å². The second-order valence-corrected chi connectivity index (χ2v) is 12.6. The van der Waals surface area contributed by atoms with Crippen LogP contribution in [0.5, 0.6) is 5.75 Å². The monoisotopic (exact) mass is 612 g/mol. The maximum atomic E-state index is 13.6. The van der Waals surface area contributed by atoms with E-state index in [1.807, 2.05) is 32.0 Å². The summed E-state index contributed by atoms with van der Waals surface area (Å²) in [5.41, 5.74) is 0.104. The van der Waals surface area contributed by atoms with Crippen LogP contribution >= 0.6 is 11.6 Å². The molecule has 0 atom stereocenters. The van der Waals surface area contributed by atoms with Crippen molar-refractivity contribution in [3.63, 3.8) is 0 Å². The Hall–Kier alpha value is -4.05. The molecular formula is C32H41ClN4O6. The van der Waals surface area contributed by atoms with Gasteiger partial charge in [0.15, 0.2) is 5.78 Å². The van der Waals surface area contributed by atoms with Crippen molar-refractivity contribution in [2.75, 3.05) is 19.0 Å². The van der Waals surface area contributed by atoms with E-state index in [2.05, 4.69) is 10.6 Å². The fourth-order valence-electron chi connectivity index (χ4n) is 4.71. The van der Waals surface area contributed by atoms with Crippen molar-refractivity contribution < 1.29 is 23.9 Å². The highest BCUT2D eigenvalue weighted by molar-refractivity contribution is 6.31. The van der Waals surface area contributed by atoms with E-state index in [0.717, 1.165) is 0 Å². The minimum absolute atomic E-state index is 0.0717. The molecule has 3 aromatic rings. The maximum Gasteiger partial charge on any atom is 0.407 e. The molecule has 43 heavy (non-hydrogen) atoms. The van der Waals surface area contributed by atoms with E-state index in [9.17, 15) is 19.2 Å². The van der Waals surface area contributed by atoms with Crippen molar-refractivity contribution in [2.45, 2.75) is 65.9 Å². The number of halogens is 1. The highest BCUT2D eigenvalue weighted by Gasteiger charge is 2.27. The van der Waals surface area contributed by atoms with E-state index in [0.29, 0.717) is 34.1 Å². The first-order valence-electron chi connectivity index (χ1n) is 14.1. The highest BCUT2D eigenvalue weighted by atomic mass is 35.5. The molecule has 2 N–H and O–H groups in total. The number of anilines is 1. The molecule has 232 valence electrons. The minimum atomic E-state index is -0.648. The molecule has 1 heterocycles. The summed E-state index contributed by atoms with van der Waals surface area (Å²) >= 11 is 6.09. The molecule has 10 nitrogen and oxygen atoms in total. The molecule has 0 saturated carbocycles. The number of amides is 2. The third-order valence-electron chi connectivity index (χ3n) is 6.81. The molecule has 2 amide bonds. The van der Waals surface area contributed by atoms with Crippen molar-refractivity contribution in [2.24, 2.45) is 12.5 Å². The topological polar surface area (TPSA) is 121 Å². The molecular weight excluding hydrogens is 572 g/mol. The van der Waals surface area contributed by atoms with Crippen LogP contribution in [0.25, 0.3) is 5.69 Å². The molecule has 0 unspecified atom stereocenters. The van der Waals surface area contributed by atoms with Gasteiger partial charge in [-0.25, -0.2) is 9.48 Å². The van der Waals surface area contributed by atoms with Crippen LogP contribution in [0.4, 0.5) is 10.5 Å². The molecule has 0 aliphatic heterocycles. The summed E-state index contributed by atoms with van der Waals surface area (Å²) in [5, 5.41) is 5.97. The lowest BCUT2D eigenvalue weighted by molar-refractivity contribution is -0.118. The van der Waals surface area contributed by atoms with E-state index in [4.69, 9.17) is 21.1 Å². The van der Waals surface area contributed by atoms with Crippen molar-refractivity contribution in [1.82, 2.24) is 14.7 Å². The lowest BCUT2D eigenvalue weighted by Crippen LogP contribution is -2.34. The predicted octanol–water partition coefficient (Wildman–Crippen LogP) is 5.92. The van der Waals surface area contributed by atoms with Crippen LogP contribution in [0.15, 0.2) is 53.3 Å². The Balaban J connectivity index is 1.77. The van der Waals surface area contributed by atoms with Gasteiger partial charge in [0.2, 0.25) is 5.91 Å². The summed E-state index contributed by atoms with van der Waals surface area (Å²) in [6, 6.07) is 14.0. The number of alkyl carbamates (subject to hydrolysis) is 1. The van der Waals surface area contributed by atoms with Gasteiger partial charge < -0.3 is 20.1 Å². The van der Waals surface area contributed by atoms with E-state index in [1.165, 1.54) is 11.8 Å². The molecule has 2 aromatic carbocycles. The minimum Gasteiger partial charge on any atom is -0.496 e. The van der Waals surface area contributed by atoms with Gasteiger partial charge in [-0.1, -0.05) is 43.6 Å². The lowest BCUT2D eigenvalue weighted by Gasteiger charge is -2.23. The first-order valence-corrected chi connectivity index (χ1v) is 14.5. The normalized spacial score (nSPS) is 11.6. The van der Waals surface area contributed by atoms with Crippen molar-refractivity contribution in [3.8, 4) is 11.4 Å². The first kappa shape index (κ1) is 33.5. The number of carbonyl (C=O) groups is 3. The summed E-state index contributed by atoms with van der Waals surface area (Å²) in [6.45, 7) is 9.30. The van der Waals surface area contributed by atoms with Gasteiger partial charge in [0.1, 0.15) is 17.0 Å². The smallest absolute Gasteiger partial charge is 0.407 e. The molecule has 0 saturated heterocycles. The fraction of sp³-hybridized carbons (Fsp3) is 0.438. The van der Waals surface area contributed by atoms with E-state index in [-0.39, 0.29) is 43.2 Å². The summed E-state index contributed by atoms with van der Waals surface area (Å²) in [7, 11) is 3.22. The predicted molar refractivity (Wildman–Crippen MR) is 168 cm³/mol. The summed E-state index contributed by atoms with van der Waals surface area (Å²) < 4.78 is 13.8. The van der Waals surface area contributed by atoms with Crippen LogP contribution in [0.1, 0.15) is 69.9 Å². The van der Waals surface area contributed by atoms with Crippen LogP contribution in [0, 0.1) is 5.41 Å². The molecule has 0 spiro atoms. The number of ketones is 1. The van der Waals surface area contributed by atoms with E-state index >= 15 is 0 Å². The number of hydrogen-bond donors (Lipinski definition) is 2. The third kappa shape index (κ3) is 9.22. The number of Topliss-reactive ketones (excluding diaryl/α,β-unsaturated/α-hetero) is 1. The van der Waals surface area contributed by atoms with Crippen molar-refractivity contribution in [1.29, 1.82) is 0 Å². The molecule has 11 heteroatoms. The number of ether oxygens (including phenoxy) is 2. The van der Waals surface area contributed by atoms with Gasteiger partial charge in [-0.2, -0.15) is 0 Å². The van der Waals surface area contributed by atoms with Gasteiger partial charge in [0, 0.05) is 37.9 Å². The Kier molecular flexibility index (Phi) is 10.9. The number of carbonyl (C=O) groups excluding carboxylic acids is 3. The fourth-order valence-corrected chi connectivity index (χ4v) is 4.88. The Bertz CT molecular complexity index is 1520. The Morgan fingerprint density at radius 1 is 1.00 bits per heavy atom. The van der Waals surface area contributed by atoms with Crippen LogP contribution in [0.3, 0.4) is 0 Å². The second-order valence-electron chi connectivity index (χ2n) is 12.1.